The van der Waals surface area contributed by atoms with E-state index >= 15 is 0 Å². The molecule has 1 aromatic rings. The summed E-state index contributed by atoms with van der Waals surface area (Å²) in [7, 11) is 0. The van der Waals surface area contributed by atoms with Gasteiger partial charge in [0.15, 0.2) is 0 Å². The summed E-state index contributed by atoms with van der Waals surface area (Å²) in [6.45, 7) is -0.676. The zero-order valence-electron chi connectivity index (χ0n) is 9.53. The zero-order valence-corrected chi connectivity index (χ0v) is 9.53. The first-order valence-corrected chi connectivity index (χ1v) is 5.27. The van der Waals surface area contributed by atoms with Gasteiger partial charge >= 0.3 is 0 Å². The maximum Gasteiger partial charge on any atom is 0.255 e. The molecule has 0 aliphatic rings. The first kappa shape index (κ1) is 14.1. The Labute approximate surface area is 103 Å². The second kappa shape index (κ2) is 6.68. The van der Waals surface area contributed by atoms with E-state index in [0.717, 1.165) is 0 Å². The average Bonchev–Trinajstić information content (AvgIpc) is 2.34. The Kier molecular flexibility index (Phi) is 5.23. The predicted molar refractivity (Wildman–Crippen MR) is 62.0 cm³/mol. The molecule has 0 bridgehead atoms. The highest BCUT2D eigenvalue weighted by Gasteiger charge is 2.10. The van der Waals surface area contributed by atoms with Crippen molar-refractivity contribution in [3.8, 4) is 0 Å². The third-order valence-electron chi connectivity index (χ3n) is 2.19. The molecule has 1 aromatic carbocycles. The van der Waals surface area contributed by atoms with Crippen LogP contribution in [0.2, 0.25) is 0 Å². The van der Waals surface area contributed by atoms with E-state index in [2.05, 4.69) is 5.32 Å². The molecule has 6 heteroatoms. The van der Waals surface area contributed by atoms with Crippen molar-refractivity contribution in [2.45, 2.75) is 12.8 Å². The minimum atomic E-state index is -2.58. The van der Waals surface area contributed by atoms with Crippen LogP contribution < -0.4 is 11.1 Å². The molecule has 0 atom stereocenters. The van der Waals surface area contributed by atoms with Gasteiger partial charge in [0.1, 0.15) is 0 Å². The van der Waals surface area contributed by atoms with E-state index < -0.39 is 24.8 Å². The quantitative estimate of drug-likeness (QED) is 0.799. The Morgan fingerprint density at radius 3 is 2.61 bits per heavy atom. The Hall–Kier alpha value is -1.98. The number of benzene rings is 1. The lowest BCUT2D eigenvalue weighted by Crippen LogP contribution is -2.28. The number of primary amides is 1. The SMILES string of the molecule is NC(=O)c1ccccc1[CH]CC(=O)NCC(F)F. The normalized spacial score (nSPS) is 10.4. The second-order valence-electron chi connectivity index (χ2n) is 3.55. The van der Waals surface area contributed by atoms with Crippen molar-refractivity contribution in [2.24, 2.45) is 5.73 Å². The first-order valence-electron chi connectivity index (χ1n) is 5.27. The molecule has 1 radical (unpaired) electrons. The molecule has 0 aliphatic carbocycles. The molecule has 18 heavy (non-hydrogen) atoms. The van der Waals surface area contributed by atoms with Crippen molar-refractivity contribution in [1.82, 2.24) is 5.32 Å². The van der Waals surface area contributed by atoms with E-state index in [0.29, 0.717) is 11.1 Å². The van der Waals surface area contributed by atoms with E-state index in [9.17, 15) is 18.4 Å². The highest BCUT2D eigenvalue weighted by molar-refractivity contribution is 5.95. The number of rotatable bonds is 6. The molecule has 4 nitrogen and oxygen atoms in total. The van der Waals surface area contributed by atoms with Crippen molar-refractivity contribution < 1.29 is 18.4 Å². The summed E-state index contributed by atoms with van der Waals surface area (Å²) in [6.07, 6.45) is -1.19. The van der Waals surface area contributed by atoms with Crippen LogP contribution in [-0.4, -0.2) is 24.8 Å². The minimum absolute atomic E-state index is 0.0863. The lowest BCUT2D eigenvalue weighted by molar-refractivity contribution is -0.121. The molecular formula is C12H13F2N2O2. The molecule has 1 rings (SSSR count). The number of carbonyl (C=O) groups is 2. The molecular weight excluding hydrogens is 242 g/mol. The Bertz CT molecular complexity index is 436. The van der Waals surface area contributed by atoms with Crippen LogP contribution in [0.4, 0.5) is 8.78 Å². The smallest absolute Gasteiger partial charge is 0.255 e. The topological polar surface area (TPSA) is 72.2 Å². The lowest BCUT2D eigenvalue weighted by atomic mass is 10.0. The van der Waals surface area contributed by atoms with Gasteiger partial charge in [-0.3, -0.25) is 9.59 Å². The first-order chi connectivity index (χ1) is 8.50. The fourth-order valence-corrected chi connectivity index (χ4v) is 1.37. The van der Waals surface area contributed by atoms with Crippen LogP contribution in [0.25, 0.3) is 0 Å². The summed E-state index contributed by atoms with van der Waals surface area (Å²) in [5.74, 6) is -1.13. The Balaban J connectivity index is 2.53. The zero-order chi connectivity index (χ0) is 13.5. The van der Waals surface area contributed by atoms with Crippen molar-refractivity contribution in [2.75, 3.05) is 6.54 Å². The Morgan fingerprint density at radius 2 is 2.00 bits per heavy atom. The predicted octanol–water partition coefficient (Wildman–Crippen LogP) is 1.11. The maximum absolute atomic E-state index is 11.8. The molecule has 0 saturated carbocycles. The number of amides is 2. The Morgan fingerprint density at radius 1 is 1.33 bits per heavy atom. The standard InChI is InChI=1S/C12H13F2N2O2/c13-10(14)7-16-11(17)6-5-8-3-1-2-4-9(8)12(15)18/h1-5,10H,6-7H2,(H2,15,18)(H,16,17). The molecule has 0 spiro atoms. The van der Waals surface area contributed by atoms with E-state index in [1.54, 1.807) is 18.2 Å². The molecule has 97 valence electrons. The minimum Gasteiger partial charge on any atom is -0.366 e. The van der Waals surface area contributed by atoms with Crippen molar-refractivity contribution in [3.05, 3.63) is 41.8 Å². The van der Waals surface area contributed by atoms with Gasteiger partial charge in [0.05, 0.1) is 6.54 Å². The summed E-state index contributed by atoms with van der Waals surface area (Å²) < 4.78 is 23.7. The fourth-order valence-electron chi connectivity index (χ4n) is 1.37. The van der Waals surface area contributed by atoms with Crippen molar-refractivity contribution in [1.29, 1.82) is 0 Å². The largest absolute Gasteiger partial charge is 0.366 e. The van der Waals surface area contributed by atoms with Crippen molar-refractivity contribution in [3.63, 3.8) is 0 Å². The van der Waals surface area contributed by atoms with E-state index in [4.69, 9.17) is 5.73 Å². The van der Waals surface area contributed by atoms with E-state index in [1.165, 1.54) is 12.5 Å². The third-order valence-corrected chi connectivity index (χ3v) is 2.19. The third kappa shape index (κ3) is 4.48. The van der Waals surface area contributed by atoms with Crippen LogP contribution in [0.15, 0.2) is 24.3 Å². The number of alkyl halides is 2. The van der Waals surface area contributed by atoms with Gasteiger partial charge in [-0.05, 0) is 11.6 Å². The van der Waals surface area contributed by atoms with E-state index in [-0.39, 0.29) is 6.42 Å². The van der Waals surface area contributed by atoms with Crippen LogP contribution in [0.3, 0.4) is 0 Å². The molecule has 0 unspecified atom stereocenters. The lowest BCUT2D eigenvalue weighted by Gasteiger charge is -2.06. The number of carbonyl (C=O) groups excluding carboxylic acids is 2. The van der Waals surface area contributed by atoms with Crippen LogP contribution in [0.1, 0.15) is 22.3 Å². The summed E-state index contributed by atoms with van der Waals surface area (Å²) >= 11 is 0. The van der Waals surface area contributed by atoms with Gasteiger partial charge in [-0.25, -0.2) is 8.78 Å². The second-order valence-corrected chi connectivity index (χ2v) is 3.55. The summed E-state index contributed by atoms with van der Waals surface area (Å²) in [5, 5.41) is 2.06. The van der Waals surface area contributed by atoms with Gasteiger partial charge in [-0.15, -0.1) is 0 Å². The highest BCUT2D eigenvalue weighted by atomic mass is 19.3. The molecule has 0 fully saturated rings. The average molecular weight is 255 g/mol. The van der Waals surface area contributed by atoms with Crippen LogP contribution in [0, 0.1) is 6.42 Å². The van der Waals surface area contributed by atoms with Gasteiger partial charge in [0, 0.05) is 18.4 Å². The summed E-state index contributed by atoms with van der Waals surface area (Å²) in [5.41, 5.74) is 5.96. The number of halogens is 2. The highest BCUT2D eigenvalue weighted by Crippen LogP contribution is 2.12. The number of nitrogens with one attached hydrogen (secondary N) is 1. The molecule has 0 aromatic heterocycles. The van der Waals surface area contributed by atoms with E-state index in [1.807, 2.05) is 0 Å². The van der Waals surface area contributed by atoms with Gasteiger partial charge in [-0.1, -0.05) is 18.2 Å². The van der Waals surface area contributed by atoms with Gasteiger partial charge < -0.3 is 11.1 Å². The summed E-state index contributed by atoms with van der Waals surface area (Å²) in [6, 6.07) is 6.50. The van der Waals surface area contributed by atoms with Crippen molar-refractivity contribution >= 4 is 11.8 Å². The number of hydrogen-bond acceptors (Lipinski definition) is 2. The maximum atomic E-state index is 11.8. The van der Waals surface area contributed by atoms with Crippen LogP contribution >= 0.6 is 0 Å². The molecule has 0 aliphatic heterocycles. The van der Waals surface area contributed by atoms with Crippen LogP contribution in [0.5, 0.6) is 0 Å². The molecule has 3 N–H and O–H groups in total. The number of hydrogen-bond donors (Lipinski definition) is 2. The summed E-state index contributed by atoms with van der Waals surface area (Å²) in [4.78, 5) is 22.3. The number of nitrogens with two attached hydrogens (primary N) is 1. The molecule has 0 heterocycles. The van der Waals surface area contributed by atoms with Gasteiger partial charge in [-0.2, -0.15) is 0 Å². The van der Waals surface area contributed by atoms with Gasteiger partial charge in [0.2, 0.25) is 11.8 Å². The monoisotopic (exact) mass is 255 g/mol. The van der Waals surface area contributed by atoms with Crippen LogP contribution in [-0.2, 0) is 4.79 Å². The fraction of sp³-hybridized carbons (Fsp3) is 0.250. The van der Waals surface area contributed by atoms with Gasteiger partial charge in [0.25, 0.3) is 6.43 Å². The molecule has 0 saturated heterocycles. The molecule has 2 amide bonds.